The van der Waals surface area contributed by atoms with Crippen LogP contribution >= 0.6 is 0 Å². The fraction of sp³-hybridized carbons (Fsp3) is 0.292. The van der Waals surface area contributed by atoms with Crippen molar-refractivity contribution < 1.29 is 24.2 Å². The van der Waals surface area contributed by atoms with Gasteiger partial charge in [-0.05, 0) is 28.7 Å². The first-order valence-corrected chi connectivity index (χ1v) is 10.1. The van der Waals surface area contributed by atoms with Gasteiger partial charge >= 0.3 is 12.1 Å². The molecule has 0 aromatic heterocycles. The Kier molecular flexibility index (Phi) is 7.28. The van der Waals surface area contributed by atoms with E-state index in [0.717, 1.165) is 22.3 Å². The number of hydrogen-bond acceptors (Lipinski definition) is 4. The summed E-state index contributed by atoms with van der Waals surface area (Å²) in [5.41, 5.74) is 4.57. The van der Waals surface area contributed by atoms with Crippen molar-refractivity contribution in [3.05, 3.63) is 59.7 Å². The van der Waals surface area contributed by atoms with Crippen LogP contribution in [0.4, 0.5) is 4.79 Å². The van der Waals surface area contributed by atoms with Gasteiger partial charge in [-0.25, -0.2) is 9.59 Å². The number of carbonyl (C=O) groups excluding carboxylic acids is 2. The minimum Gasteiger partial charge on any atom is -0.472 e. The maximum absolute atomic E-state index is 12.4. The van der Waals surface area contributed by atoms with Crippen molar-refractivity contribution in [3.8, 4) is 23.0 Å². The number of nitrogens with one attached hydrogen (secondary N) is 2. The minimum atomic E-state index is -1.25. The van der Waals surface area contributed by atoms with Crippen molar-refractivity contribution in [1.82, 2.24) is 10.6 Å². The van der Waals surface area contributed by atoms with E-state index < -0.39 is 18.1 Å². The fourth-order valence-electron chi connectivity index (χ4n) is 3.66. The number of ether oxygens (including phenoxy) is 1. The molecule has 1 atom stereocenters. The van der Waals surface area contributed by atoms with Crippen LogP contribution in [-0.2, 0) is 14.3 Å². The molecule has 0 fully saturated rings. The van der Waals surface area contributed by atoms with Crippen LogP contribution in [0.3, 0.4) is 0 Å². The van der Waals surface area contributed by atoms with E-state index in [-0.39, 0.29) is 31.4 Å². The lowest BCUT2D eigenvalue weighted by Gasteiger charge is -2.18. The molecular weight excluding hydrogens is 396 g/mol. The lowest BCUT2D eigenvalue weighted by Crippen LogP contribution is -2.39. The molecule has 0 bridgehead atoms. The molecule has 7 heteroatoms. The second-order valence-electron chi connectivity index (χ2n) is 7.16. The summed E-state index contributed by atoms with van der Waals surface area (Å²) in [5, 5.41) is 13.7. The number of carboxylic acids is 1. The molecule has 2 aromatic rings. The van der Waals surface area contributed by atoms with Crippen molar-refractivity contribution >= 4 is 18.0 Å². The number of benzene rings is 2. The Morgan fingerprint density at radius 2 is 1.68 bits per heavy atom. The Bertz CT molecular complexity index is 992. The molecule has 2 amide bonds. The standard InChI is InChI=1S/C24H24N2O5/c1-2-16(14-22(27)25-13-7-12-23(28)29)26-24(30)31-15-21-19-10-5-3-8-17(19)18-9-4-6-11-20(18)21/h3-6,8-11,16,21H,2,13-15H2,1H3,(H,25,27)(H,26,30)(H,28,29)/t16-/m0/s1. The molecule has 0 saturated heterocycles. The number of hydrogen-bond donors (Lipinski definition) is 3. The van der Waals surface area contributed by atoms with Gasteiger partial charge in [0.05, 0.1) is 6.54 Å². The summed E-state index contributed by atoms with van der Waals surface area (Å²) >= 11 is 0. The zero-order chi connectivity index (χ0) is 22.2. The molecule has 0 radical (unpaired) electrons. The number of fused-ring (bicyclic) bond motifs is 3. The minimum absolute atomic E-state index is 0.0330. The molecule has 0 spiro atoms. The summed E-state index contributed by atoms with van der Waals surface area (Å²) in [6.07, 6.45) is 0.0145. The van der Waals surface area contributed by atoms with E-state index in [2.05, 4.69) is 28.7 Å². The predicted octanol–water partition coefficient (Wildman–Crippen LogP) is 2.90. The van der Waals surface area contributed by atoms with E-state index >= 15 is 0 Å². The Hall–Kier alpha value is -3.79. The summed E-state index contributed by atoms with van der Waals surface area (Å²) in [6, 6.07) is 15.8. The second-order valence-corrected chi connectivity index (χ2v) is 7.16. The van der Waals surface area contributed by atoms with Crippen LogP contribution in [0.1, 0.15) is 36.8 Å². The zero-order valence-electron chi connectivity index (χ0n) is 17.2. The number of amides is 2. The Morgan fingerprint density at radius 1 is 1.06 bits per heavy atom. The molecule has 1 aliphatic carbocycles. The summed E-state index contributed by atoms with van der Waals surface area (Å²) in [5.74, 6) is 2.63. The highest BCUT2D eigenvalue weighted by molar-refractivity contribution is 5.86. The van der Waals surface area contributed by atoms with Gasteiger partial charge in [-0.15, -0.1) is 0 Å². The van der Waals surface area contributed by atoms with E-state index in [0.29, 0.717) is 6.42 Å². The van der Waals surface area contributed by atoms with Gasteiger partial charge in [0.2, 0.25) is 5.91 Å². The molecule has 0 heterocycles. The average Bonchev–Trinajstić information content (AvgIpc) is 3.08. The Morgan fingerprint density at radius 3 is 2.26 bits per heavy atom. The van der Waals surface area contributed by atoms with Gasteiger partial charge in [-0.3, -0.25) is 4.79 Å². The van der Waals surface area contributed by atoms with Gasteiger partial charge in [0.25, 0.3) is 0 Å². The number of rotatable bonds is 7. The predicted molar refractivity (Wildman–Crippen MR) is 115 cm³/mol. The van der Waals surface area contributed by atoms with E-state index in [1.165, 1.54) is 0 Å². The van der Waals surface area contributed by atoms with Crippen LogP contribution in [0, 0.1) is 11.8 Å². The van der Waals surface area contributed by atoms with Gasteiger partial charge in [0, 0.05) is 24.3 Å². The highest BCUT2D eigenvalue weighted by atomic mass is 16.5. The maximum Gasteiger partial charge on any atom is 0.407 e. The quantitative estimate of drug-likeness (QED) is 0.598. The second kappa shape index (κ2) is 10.3. The zero-order valence-corrected chi connectivity index (χ0v) is 17.2. The largest absolute Gasteiger partial charge is 0.472 e. The van der Waals surface area contributed by atoms with Crippen LogP contribution in [0.5, 0.6) is 0 Å². The Labute approximate surface area is 180 Å². The summed E-state index contributed by atoms with van der Waals surface area (Å²) < 4.78 is 5.51. The van der Waals surface area contributed by atoms with Crippen molar-refractivity contribution in [2.24, 2.45) is 0 Å². The highest BCUT2D eigenvalue weighted by Gasteiger charge is 2.29. The third kappa shape index (κ3) is 5.64. The lowest BCUT2D eigenvalue weighted by molar-refractivity contribution is -0.130. The monoisotopic (exact) mass is 420 g/mol. The molecule has 3 rings (SSSR count). The van der Waals surface area contributed by atoms with E-state index in [1.807, 2.05) is 49.2 Å². The van der Waals surface area contributed by atoms with Crippen molar-refractivity contribution in [1.29, 1.82) is 0 Å². The number of aliphatic carboxylic acids is 1. The first-order chi connectivity index (χ1) is 15.0. The van der Waals surface area contributed by atoms with Crippen molar-refractivity contribution in [2.45, 2.75) is 31.7 Å². The molecule has 0 aliphatic heterocycles. The summed E-state index contributed by atoms with van der Waals surface area (Å²) in [7, 11) is 0. The number of alkyl carbamates (subject to hydrolysis) is 1. The van der Waals surface area contributed by atoms with Gasteiger partial charge < -0.3 is 20.5 Å². The summed E-state index contributed by atoms with van der Waals surface area (Å²) in [6.45, 7) is 1.99. The molecule has 31 heavy (non-hydrogen) atoms. The highest BCUT2D eigenvalue weighted by Crippen LogP contribution is 2.44. The molecule has 2 aromatic carbocycles. The van der Waals surface area contributed by atoms with Gasteiger partial charge in [-0.1, -0.05) is 61.4 Å². The molecule has 160 valence electrons. The van der Waals surface area contributed by atoms with Gasteiger partial charge in [0.15, 0.2) is 0 Å². The topological polar surface area (TPSA) is 105 Å². The summed E-state index contributed by atoms with van der Waals surface area (Å²) in [4.78, 5) is 34.7. The molecule has 0 saturated carbocycles. The molecule has 0 unspecified atom stereocenters. The maximum atomic E-state index is 12.4. The normalized spacial score (nSPS) is 12.5. The Balaban J connectivity index is 1.53. The molecule has 7 nitrogen and oxygen atoms in total. The van der Waals surface area contributed by atoms with Crippen LogP contribution < -0.4 is 10.6 Å². The SMILES string of the molecule is CC[C@@H](CC(=O)NCC#CC(=O)O)NC(=O)OCC1c2ccccc2-c2ccccc21. The van der Waals surface area contributed by atoms with Crippen LogP contribution in [-0.4, -0.2) is 42.3 Å². The van der Waals surface area contributed by atoms with Crippen molar-refractivity contribution in [2.75, 3.05) is 13.2 Å². The van der Waals surface area contributed by atoms with Gasteiger partial charge in [0.1, 0.15) is 6.61 Å². The van der Waals surface area contributed by atoms with E-state index in [4.69, 9.17) is 9.84 Å². The van der Waals surface area contributed by atoms with E-state index in [1.54, 1.807) is 0 Å². The average molecular weight is 420 g/mol. The van der Waals surface area contributed by atoms with Crippen LogP contribution in [0.2, 0.25) is 0 Å². The first-order valence-electron chi connectivity index (χ1n) is 10.1. The lowest BCUT2D eigenvalue weighted by atomic mass is 9.98. The van der Waals surface area contributed by atoms with Gasteiger partial charge in [-0.2, -0.15) is 0 Å². The molecule has 3 N–H and O–H groups in total. The smallest absolute Gasteiger partial charge is 0.407 e. The number of carboxylic acid groups (broad SMARTS) is 1. The third-order valence-corrected chi connectivity index (χ3v) is 5.16. The first kappa shape index (κ1) is 21.9. The van der Waals surface area contributed by atoms with E-state index in [9.17, 15) is 14.4 Å². The number of carbonyl (C=O) groups is 3. The van der Waals surface area contributed by atoms with Crippen LogP contribution in [0.25, 0.3) is 11.1 Å². The molecule has 1 aliphatic rings. The molecular formula is C24H24N2O5. The third-order valence-electron chi connectivity index (χ3n) is 5.16. The van der Waals surface area contributed by atoms with Crippen LogP contribution in [0.15, 0.2) is 48.5 Å². The van der Waals surface area contributed by atoms with Crippen molar-refractivity contribution in [3.63, 3.8) is 0 Å². The fourth-order valence-corrected chi connectivity index (χ4v) is 3.66.